The Balaban J connectivity index is 2.47. The third kappa shape index (κ3) is 4.77. The van der Waals surface area contributed by atoms with Crippen molar-refractivity contribution in [2.24, 2.45) is 0 Å². The molecule has 0 spiro atoms. The van der Waals surface area contributed by atoms with Gasteiger partial charge in [0.05, 0.1) is 13.0 Å². The van der Waals surface area contributed by atoms with Gasteiger partial charge in [0.15, 0.2) is 0 Å². The summed E-state index contributed by atoms with van der Waals surface area (Å²) in [4.78, 5) is 4.13. The minimum atomic E-state index is -4.13. The zero-order valence-corrected chi connectivity index (χ0v) is 10.3. The van der Waals surface area contributed by atoms with Gasteiger partial charge in [0.1, 0.15) is 5.82 Å². The Labute approximate surface area is 99.0 Å². The monoisotopic (exact) mass is 249 g/mol. The largest absolute Gasteiger partial charge is 0.390 e. The number of alkyl halides is 3. The van der Waals surface area contributed by atoms with E-state index in [-0.39, 0.29) is 6.04 Å². The fraction of sp³-hybridized carbons (Fsp3) is 0.727. The van der Waals surface area contributed by atoms with E-state index < -0.39 is 18.6 Å². The van der Waals surface area contributed by atoms with E-state index in [1.54, 1.807) is 6.20 Å². The summed E-state index contributed by atoms with van der Waals surface area (Å²) in [6.45, 7) is 5.88. The Kier molecular flexibility index (Phi) is 4.56. The number of rotatable bonds is 5. The van der Waals surface area contributed by atoms with Crippen molar-refractivity contribution in [1.82, 2.24) is 14.9 Å². The first-order chi connectivity index (χ1) is 7.79. The number of nitrogens with one attached hydrogen (secondary N) is 1. The van der Waals surface area contributed by atoms with E-state index in [0.29, 0.717) is 6.54 Å². The lowest BCUT2D eigenvalue weighted by atomic mass is 10.2. The molecule has 1 aromatic heterocycles. The van der Waals surface area contributed by atoms with E-state index in [9.17, 15) is 13.2 Å². The molecule has 0 radical (unpaired) electrons. The fourth-order valence-electron chi connectivity index (χ4n) is 1.64. The van der Waals surface area contributed by atoms with Gasteiger partial charge in [-0.1, -0.05) is 0 Å². The van der Waals surface area contributed by atoms with Crippen molar-refractivity contribution in [2.75, 3.05) is 0 Å². The molecule has 1 heterocycles. The summed E-state index contributed by atoms with van der Waals surface area (Å²) in [6.07, 6.45) is -1.46. The summed E-state index contributed by atoms with van der Waals surface area (Å²) in [5.74, 6) is 0.758. The van der Waals surface area contributed by atoms with Crippen LogP contribution in [0.25, 0.3) is 0 Å². The third-order valence-corrected chi connectivity index (χ3v) is 2.45. The van der Waals surface area contributed by atoms with Crippen molar-refractivity contribution < 1.29 is 13.2 Å². The van der Waals surface area contributed by atoms with Crippen LogP contribution in [0.2, 0.25) is 0 Å². The normalized spacial score (nSPS) is 14.3. The maximum absolute atomic E-state index is 12.1. The van der Waals surface area contributed by atoms with Crippen LogP contribution in [0.4, 0.5) is 13.2 Å². The van der Waals surface area contributed by atoms with Crippen LogP contribution in [-0.2, 0) is 6.54 Å². The van der Waals surface area contributed by atoms with Crippen molar-refractivity contribution in [3.8, 4) is 0 Å². The Morgan fingerprint density at radius 2 is 2.00 bits per heavy atom. The molecule has 0 aliphatic carbocycles. The number of nitrogens with zero attached hydrogens (tertiary/aromatic N) is 2. The van der Waals surface area contributed by atoms with Crippen LogP contribution in [0.1, 0.15) is 39.1 Å². The van der Waals surface area contributed by atoms with Crippen molar-refractivity contribution >= 4 is 0 Å². The Morgan fingerprint density at radius 3 is 2.53 bits per heavy atom. The molecule has 1 aromatic rings. The Morgan fingerprint density at radius 1 is 1.35 bits per heavy atom. The second-order valence-electron chi connectivity index (χ2n) is 4.45. The second kappa shape index (κ2) is 5.53. The van der Waals surface area contributed by atoms with E-state index in [1.165, 1.54) is 6.92 Å². The highest BCUT2D eigenvalue weighted by atomic mass is 19.4. The molecule has 0 bridgehead atoms. The third-order valence-electron chi connectivity index (χ3n) is 2.45. The highest BCUT2D eigenvalue weighted by molar-refractivity contribution is 4.94. The summed E-state index contributed by atoms with van der Waals surface area (Å²) in [5, 5.41) is 2.83. The molecular formula is C11H18F3N3. The Hall–Kier alpha value is -1.04. The highest BCUT2D eigenvalue weighted by Crippen LogP contribution is 2.21. The van der Waals surface area contributed by atoms with Crippen LogP contribution in [0, 0.1) is 0 Å². The van der Waals surface area contributed by atoms with Gasteiger partial charge in [0.25, 0.3) is 0 Å². The lowest BCUT2D eigenvalue weighted by molar-refractivity contribution is -0.139. The van der Waals surface area contributed by atoms with Gasteiger partial charge in [-0.3, -0.25) is 0 Å². The van der Waals surface area contributed by atoms with Gasteiger partial charge in [-0.15, -0.1) is 0 Å². The molecule has 0 saturated heterocycles. The molecule has 0 aliphatic heterocycles. The molecule has 1 N–H and O–H groups in total. The van der Waals surface area contributed by atoms with Crippen LogP contribution < -0.4 is 5.32 Å². The fourth-order valence-corrected chi connectivity index (χ4v) is 1.64. The first kappa shape index (κ1) is 14.0. The van der Waals surface area contributed by atoms with Crippen LogP contribution in [0.3, 0.4) is 0 Å². The number of halogens is 3. The lowest BCUT2D eigenvalue weighted by Crippen LogP contribution is -2.31. The zero-order valence-electron chi connectivity index (χ0n) is 10.3. The van der Waals surface area contributed by atoms with Crippen LogP contribution in [0.15, 0.2) is 12.4 Å². The molecule has 0 aromatic carbocycles. The van der Waals surface area contributed by atoms with Gasteiger partial charge in [-0.2, -0.15) is 13.2 Å². The summed E-state index contributed by atoms with van der Waals surface area (Å²) in [6, 6.07) is -0.348. The van der Waals surface area contributed by atoms with Gasteiger partial charge < -0.3 is 9.88 Å². The average Bonchev–Trinajstić information content (AvgIpc) is 2.59. The summed E-state index contributed by atoms with van der Waals surface area (Å²) in [5.41, 5.74) is 0. The molecule has 98 valence electrons. The van der Waals surface area contributed by atoms with Gasteiger partial charge in [0.2, 0.25) is 0 Å². The van der Waals surface area contributed by atoms with Gasteiger partial charge in [-0.25, -0.2) is 4.98 Å². The molecule has 1 atom stereocenters. The quantitative estimate of drug-likeness (QED) is 0.869. The molecule has 6 heteroatoms. The molecule has 1 unspecified atom stereocenters. The van der Waals surface area contributed by atoms with Crippen molar-refractivity contribution in [2.45, 2.75) is 52.0 Å². The first-order valence-corrected chi connectivity index (χ1v) is 5.61. The summed E-state index contributed by atoms with van der Waals surface area (Å²) >= 11 is 0. The second-order valence-corrected chi connectivity index (χ2v) is 4.45. The number of aromatic nitrogens is 2. The van der Waals surface area contributed by atoms with Gasteiger partial charge in [-0.05, 0) is 20.8 Å². The van der Waals surface area contributed by atoms with E-state index in [4.69, 9.17) is 0 Å². The zero-order chi connectivity index (χ0) is 13.1. The average molecular weight is 249 g/mol. The molecule has 0 saturated carbocycles. The lowest BCUT2D eigenvalue weighted by Gasteiger charge is -2.17. The summed E-state index contributed by atoms with van der Waals surface area (Å²) in [7, 11) is 0. The maximum atomic E-state index is 12.1. The molecular weight excluding hydrogens is 231 g/mol. The predicted octanol–water partition coefficient (Wildman–Crippen LogP) is 2.89. The van der Waals surface area contributed by atoms with E-state index in [1.807, 2.05) is 24.6 Å². The van der Waals surface area contributed by atoms with Crippen molar-refractivity contribution in [3.63, 3.8) is 0 Å². The number of imidazole rings is 1. The first-order valence-electron chi connectivity index (χ1n) is 5.61. The minimum Gasteiger partial charge on any atom is -0.331 e. The molecule has 0 aliphatic rings. The molecule has 1 rings (SSSR count). The van der Waals surface area contributed by atoms with Gasteiger partial charge >= 0.3 is 6.18 Å². The van der Waals surface area contributed by atoms with Crippen LogP contribution in [0.5, 0.6) is 0 Å². The predicted molar refractivity (Wildman–Crippen MR) is 59.6 cm³/mol. The van der Waals surface area contributed by atoms with Crippen LogP contribution >= 0.6 is 0 Å². The molecule has 0 fully saturated rings. The van der Waals surface area contributed by atoms with E-state index >= 15 is 0 Å². The van der Waals surface area contributed by atoms with Crippen LogP contribution in [-0.4, -0.2) is 21.8 Å². The maximum Gasteiger partial charge on any atom is 0.390 e. The SMILES string of the molecule is CC(CC(F)(F)F)NCc1nccn1C(C)C. The highest BCUT2D eigenvalue weighted by Gasteiger charge is 2.29. The standard InChI is InChI=1S/C11H18F3N3/c1-8(2)17-5-4-15-10(17)7-16-9(3)6-11(12,13)14/h4-5,8-9,16H,6-7H2,1-3H3. The number of hydrogen-bond acceptors (Lipinski definition) is 2. The van der Waals surface area contributed by atoms with Gasteiger partial charge in [0, 0.05) is 24.5 Å². The summed E-state index contributed by atoms with van der Waals surface area (Å²) < 4.78 is 38.3. The minimum absolute atomic E-state index is 0.257. The van der Waals surface area contributed by atoms with Crippen molar-refractivity contribution in [1.29, 1.82) is 0 Å². The molecule has 0 amide bonds. The topological polar surface area (TPSA) is 29.9 Å². The smallest absolute Gasteiger partial charge is 0.331 e. The Bertz CT molecular complexity index is 344. The molecule has 17 heavy (non-hydrogen) atoms. The van der Waals surface area contributed by atoms with E-state index in [0.717, 1.165) is 5.82 Å². The van der Waals surface area contributed by atoms with E-state index in [2.05, 4.69) is 10.3 Å². The number of hydrogen-bond donors (Lipinski definition) is 1. The molecule has 3 nitrogen and oxygen atoms in total. The van der Waals surface area contributed by atoms with Crippen molar-refractivity contribution in [3.05, 3.63) is 18.2 Å².